The first kappa shape index (κ1) is 20.7. The van der Waals surface area contributed by atoms with Crippen LogP contribution in [0.1, 0.15) is 23.6 Å². The van der Waals surface area contributed by atoms with Crippen molar-refractivity contribution >= 4 is 17.4 Å². The van der Waals surface area contributed by atoms with Crippen molar-refractivity contribution in [2.45, 2.75) is 12.5 Å². The highest BCUT2D eigenvalue weighted by Gasteiger charge is 2.46. The zero-order valence-corrected chi connectivity index (χ0v) is 17.0. The van der Waals surface area contributed by atoms with Gasteiger partial charge in [0, 0.05) is 25.8 Å². The first-order valence-electron chi connectivity index (χ1n) is 9.97. The largest absolute Gasteiger partial charge is 0.508 e. The van der Waals surface area contributed by atoms with E-state index < -0.39 is 17.7 Å². The summed E-state index contributed by atoms with van der Waals surface area (Å²) in [5, 5.41) is 21.1. The molecule has 2 aromatic rings. The van der Waals surface area contributed by atoms with E-state index in [2.05, 4.69) is 0 Å². The summed E-state index contributed by atoms with van der Waals surface area (Å²) in [6.07, 6.45) is 0.517. The molecule has 1 amide bonds. The molecule has 2 aliphatic heterocycles. The molecule has 2 aromatic carbocycles. The summed E-state index contributed by atoms with van der Waals surface area (Å²) in [6.45, 7) is 1.49. The van der Waals surface area contributed by atoms with Gasteiger partial charge >= 0.3 is 0 Å². The van der Waals surface area contributed by atoms with Crippen LogP contribution in [0, 0.1) is 0 Å². The van der Waals surface area contributed by atoms with Crippen molar-refractivity contribution in [1.29, 1.82) is 0 Å². The lowest BCUT2D eigenvalue weighted by molar-refractivity contribution is -0.140. The molecule has 162 valence electrons. The fourth-order valence-corrected chi connectivity index (χ4v) is 3.88. The van der Waals surface area contributed by atoms with Gasteiger partial charge in [-0.2, -0.15) is 0 Å². The van der Waals surface area contributed by atoms with E-state index >= 15 is 0 Å². The average molecular weight is 425 g/mol. The van der Waals surface area contributed by atoms with Gasteiger partial charge in [0.15, 0.2) is 11.5 Å². The van der Waals surface area contributed by atoms with Crippen molar-refractivity contribution in [3.05, 3.63) is 59.2 Å². The van der Waals surface area contributed by atoms with Gasteiger partial charge < -0.3 is 29.3 Å². The maximum Gasteiger partial charge on any atom is 0.295 e. The molecule has 4 rings (SSSR count). The van der Waals surface area contributed by atoms with E-state index in [1.54, 1.807) is 37.4 Å². The number of hydrogen-bond acceptors (Lipinski definition) is 7. The Morgan fingerprint density at radius 3 is 2.65 bits per heavy atom. The van der Waals surface area contributed by atoms with Crippen molar-refractivity contribution in [3.8, 4) is 17.2 Å². The van der Waals surface area contributed by atoms with Gasteiger partial charge in [0.1, 0.15) is 24.7 Å². The molecule has 0 bridgehead atoms. The molecule has 0 aromatic heterocycles. The fraction of sp³-hybridized carbons (Fsp3) is 0.304. The molecule has 0 saturated carbocycles. The number of phenolic OH excluding ortho intramolecular Hbond substituents is 1. The van der Waals surface area contributed by atoms with Crippen molar-refractivity contribution in [2.75, 3.05) is 33.5 Å². The molecule has 0 radical (unpaired) electrons. The normalized spacial score (nSPS) is 19.6. The number of rotatable bonds is 6. The number of ether oxygens (including phenoxy) is 3. The molecule has 2 aliphatic rings. The molecule has 1 atom stereocenters. The summed E-state index contributed by atoms with van der Waals surface area (Å²) in [4.78, 5) is 27.2. The lowest BCUT2D eigenvalue weighted by Crippen LogP contribution is -2.31. The minimum Gasteiger partial charge on any atom is -0.508 e. The van der Waals surface area contributed by atoms with Gasteiger partial charge in [0.2, 0.25) is 0 Å². The lowest BCUT2D eigenvalue weighted by Gasteiger charge is -2.25. The van der Waals surface area contributed by atoms with E-state index in [9.17, 15) is 19.8 Å². The Morgan fingerprint density at radius 1 is 1.13 bits per heavy atom. The highest BCUT2D eigenvalue weighted by atomic mass is 16.6. The number of benzene rings is 2. The maximum absolute atomic E-state index is 13.0. The highest BCUT2D eigenvalue weighted by Crippen LogP contribution is 2.41. The highest BCUT2D eigenvalue weighted by molar-refractivity contribution is 6.46. The Hall–Kier alpha value is -3.52. The van der Waals surface area contributed by atoms with E-state index in [0.717, 1.165) is 0 Å². The van der Waals surface area contributed by atoms with Gasteiger partial charge in [-0.3, -0.25) is 9.59 Å². The summed E-state index contributed by atoms with van der Waals surface area (Å²) in [6, 6.07) is 10.3. The van der Waals surface area contributed by atoms with Gasteiger partial charge in [-0.05, 0) is 42.3 Å². The Bertz CT molecular complexity index is 1050. The van der Waals surface area contributed by atoms with Crippen LogP contribution in [0.15, 0.2) is 48.0 Å². The number of carbonyl (C=O) groups is 2. The van der Waals surface area contributed by atoms with Crippen LogP contribution in [0.5, 0.6) is 17.2 Å². The number of ketones is 1. The van der Waals surface area contributed by atoms with Crippen molar-refractivity contribution in [3.63, 3.8) is 0 Å². The Morgan fingerprint density at radius 2 is 1.90 bits per heavy atom. The number of aliphatic hydroxyl groups excluding tert-OH is 1. The van der Waals surface area contributed by atoms with Crippen LogP contribution in [-0.4, -0.2) is 60.3 Å². The van der Waals surface area contributed by atoms with Crippen LogP contribution < -0.4 is 9.47 Å². The number of likely N-dealkylation sites (tertiary alicyclic amines) is 1. The first-order chi connectivity index (χ1) is 15.0. The predicted octanol–water partition coefficient (Wildman–Crippen LogP) is 2.62. The number of aliphatic hydroxyl groups is 1. The van der Waals surface area contributed by atoms with E-state index in [4.69, 9.17) is 14.2 Å². The van der Waals surface area contributed by atoms with Crippen LogP contribution in [-0.2, 0) is 14.3 Å². The molecule has 2 heterocycles. The van der Waals surface area contributed by atoms with Crippen LogP contribution in [0.2, 0.25) is 0 Å². The number of nitrogens with zero attached hydrogens (tertiary/aromatic N) is 1. The second-order valence-electron chi connectivity index (χ2n) is 7.29. The monoisotopic (exact) mass is 425 g/mol. The van der Waals surface area contributed by atoms with Gasteiger partial charge in [0.25, 0.3) is 11.7 Å². The lowest BCUT2D eigenvalue weighted by atomic mass is 9.95. The van der Waals surface area contributed by atoms with E-state index in [-0.39, 0.29) is 23.6 Å². The Labute approximate surface area is 179 Å². The van der Waals surface area contributed by atoms with Crippen molar-refractivity contribution in [2.24, 2.45) is 0 Å². The fourth-order valence-electron chi connectivity index (χ4n) is 3.88. The van der Waals surface area contributed by atoms with Crippen LogP contribution in [0.25, 0.3) is 5.76 Å². The Balaban J connectivity index is 1.81. The SMILES string of the molecule is COCCCN1C(=O)C(=O)/C(=C(\O)c2ccc3c(c2)OCCO3)C1c1cccc(O)c1. The molecule has 1 unspecified atom stereocenters. The van der Waals surface area contributed by atoms with Crippen molar-refractivity contribution < 1.29 is 34.0 Å². The molecule has 8 nitrogen and oxygen atoms in total. The first-order valence-corrected chi connectivity index (χ1v) is 9.97. The number of aromatic hydroxyl groups is 1. The average Bonchev–Trinajstić information content (AvgIpc) is 3.03. The van der Waals surface area contributed by atoms with Crippen LogP contribution in [0.3, 0.4) is 0 Å². The second kappa shape index (κ2) is 8.69. The second-order valence-corrected chi connectivity index (χ2v) is 7.29. The number of fused-ring (bicyclic) bond motifs is 1. The zero-order chi connectivity index (χ0) is 22.0. The van der Waals surface area contributed by atoms with E-state index in [1.165, 1.54) is 17.0 Å². The molecule has 1 fully saturated rings. The smallest absolute Gasteiger partial charge is 0.295 e. The van der Waals surface area contributed by atoms with Gasteiger partial charge in [-0.1, -0.05) is 12.1 Å². The van der Waals surface area contributed by atoms with E-state index in [0.29, 0.717) is 48.9 Å². The molecular formula is C23H23NO7. The molecular weight excluding hydrogens is 402 g/mol. The third-order valence-electron chi connectivity index (χ3n) is 5.29. The third kappa shape index (κ3) is 3.94. The van der Waals surface area contributed by atoms with Crippen molar-refractivity contribution in [1.82, 2.24) is 4.90 Å². The van der Waals surface area contributed by atoms with Gasteiger partial charge in [-0.25, -0.2) is 0 Å². The summed E-state index contributed by atoms with van der Waals surface area (Å²) >= 11 is 0. The summed E-state index contributed by atoms with van der Waals surface area (Å²) in [5.41, 5.74) is 0.824. The van der Waals surface area contributed by atoms with Crippen LogP contribution >= 0.6 is 0 Å². The number of hydrogen-bond donors (Lipinski definition) is 2. The van der Waals surface area contributed by atoms with E-state index in [1.807, 2.05) is 0 Å². The zero-order valence-electron chi connectivity index (χ0n) is 17.0. The minimum absolute atomic E-state index is 0.000640. The minimum atomic E-state index is -0.836. The molecule has 0 spiro atoms. The quantitative estimate of drug-likeness (QED) is 0.317. The number of carbonyl (C=O) groups excluding carboxylic acids is 2. The molecule has 31 heavy (non-hydrogen) atoms. The summed E-state index contributed by atoms with van der Waals surface area (Å²) < 4.78 is 16.1. The molecule has 2 N–H and O–H groups in total. The van der Waals surface area contributed by atoms with Gasteiger partial charge in [-0.15, -0.1) is 0 Å². The summed E-state index contributed by atoms with van der Waals surface area (Å²) in [5.74, 6) is -0.787. The molecule has 8 heteroatoms. The number of methoxy groups -OCH3 is 1. The molecule has 0 aliphatic carbocycles. The standard InChI is InChI=1S/C23H23NO7/c1-29-9-3-8-24-20(14-4-2-5-16(25)12-14)19(22(27)23(24)28)21(26)15-6-7-17-18(13-15)31-11-10-30-17/h2,4-7,12-13,20,25-26H,3,8-11H2,1H3/b21-19-. The number of amides is 1. The topological polar surface area (TPSA) is 106 Å². The molecule has 1 saturated heterocycles. The third-order valence-corrected chi connectivity index (χ3v) is 5.29. The summed E-state index contributed by atoms with van der Waals surface area (Å²) in [7, 11) is 1.56. The number of phenols is 1. The number of Topliss-reactive ketones (excluding diaryl/α,β-unsaturated/α-hetero) is 1. The maximum atomic E-state index is 13.0. The van der Waals surface area contributed by atoms with Gasteiger partial charge in [0.05, 0.1) is 11.6 Å². The predicted molar refractivity (Wildman–Crippen MR) is 111 cm³/mol. The van der Waals surface area contributed by atoms with Crippen LogP contribution in [0.4, 0.5) is 0 Å². The Kier molecular flexibility index (Phi) is 5.81.